The number of hydrogen-bond donors (Lipinski definition) is 0. The van der Waals surface area contributed by atoms with Gasteiger partial charge in [0.15, 0.2) is 0 Å². The van der Waals surface area contributed by atoms with Gasteiger partial charge in [0.2, 0.25) is 0 Å². The molecule has 2 rings (SSSR count). The van der Waals surface area contributed by atoms with E-state index in [9.17, 15) is 0 Å². The molecule has 1 aromatic carbocycles. The zero-order valence-corrected chi connectivity index (χ0v) is 11.0. The Kier molecular flexibility index (Phi) is 3.28. The summed E-state index contributed by atoms with van der Waals surface area (Å²) in [4.78, 5) is 4.52. The van der Waals surface area contributed by atoms with E-state index in [2.05, 4.69) is 63.0 Å². The predicted molar refractivity (Wildman–Crippen MR) is 73.2 cm³/mol. The van der Waals surface area contributed by atoms with Gasteiger partial charge in [0, 0.05) is 11.8 Å². The number of benzene rings is 1. The van der Waals surface area contributed by atoms with E-state index in [4.69, 9.17) is 0 Å². The van der Waals surface area contributed by atoms with Crippen LogP contribution in [0.25, 0.3) is 11.3 Å². The van der Waals surface area contributed by atoms with Gasteiger partial charge < -0.3 is 0 Å². The van der Waals surface area contributed by atoms with Crippen LogP contribution in [-0.2, 0) is 0 Å². The van der Waals surface area contributed by atoms with Crippen molar-refractivity contribution in [2.24, 2.45) is 0 Å². The van der Waals surface area contributed by atoms with Gasteiger partial charge in [-0.2, -0.15) is 0 Å². The van der Waals surface area contributed by atoms with E-state index in [1.54, 1.807) is 0 Å². The number of nitrogens with zero attached hydrogens (tertiary/aromatic N) is 1. The zero-order chi connectivity index (χ0) is 12.4. The fraction of sp³-hybridized carbons (Fsp3) is 0.312. The topological polar surface area (TPSA) is 12.9 Å². The van der Waals surface area contributed by atoms with Gasteiger partial charge in [-0.1, -0.05) is 44.2 Å². The van der Waals surface area contributed by atoms with Gasteiger partial charge in [-0.3, -0.25) is 4.98 Å². The molecule has 0 radical (unpaired) electrons. The van der Waals surface area contributed by atoms with Gasteiger partial charge >= 0.3 is 0 Å². The Morgan fingerprint density at radius 2 is 1.65 bits per heavy atom. The fourth-order valence-electron chi connectivity index (χ4n) is 2.04. The minimum absolute atomic E-state index is 0.580. The third kappa shape index (κ3) is 2.55. The molecule has 1 nitrogen and oxygen atoms in total. The number of pyridine rings is 1. The maximum atomic E-state index is 4.52. The molecule has 17 heavy (non-hydrogen) atoms. The molecule has 0 amide bonds. The minimum atomic E-state index is 0.580. The van der Waals surface area contributed by atoms with Gasteiger partial charge in [0.05, 0.1) is 5.69 Å². The molecule has 0 saturated carbocycles. The smallest absolute Gasteiger partial charge is 0.0731 e. The molecular formula is C16H19N. The maximum absolute atomic E-state index is 4.52. The first-order chi connectivity index (χ1) is 8.08. The Labute approximate surface area is 104 Å². The Hall–Kier alpha value is -1.63. The first kappa shape index (κ1) is 11.8. The van der Waals surface area contributed by atoms with E-state index < -0.39 is 0 Å². The normalized spacial score (nSPS) is 10.9. The van der Waals surface area contributed by atoms with Crippen LogP contribution in [-0.4, -0.2) is 4.98 Å². The van der Waals surface area contributed by atoms with Crippen LogP contribution in [0.5, 0.6) is 0 Å². The number of aryl methyl sites for hydroxylation is 2. The third-order valence-electron chi connectivity index (χ3n) is 3.07. The van der Waals surface area contributed by atoms with Crippen molar-refractivity contribution in [3.05, 3.63) is 53.2 Å². The number of hydrogen-bond acceptors (Lipinski definition) is 1. The highest BCUT2D eigenvalue weighted by molar-refractivity contribution is 5.63. The molecule has 2 aromatic rings. The quantitative estimate of drug-likeness (QED) is 0.734. The molecule has 0 saturated heterocycles. The van der Waals surface area contributed by atoms with Crippen molar-refractivity contribution >= 4 is 0 Å². The molecule has 1 aromatic heterocycles. The predicted octanol–water partition coefficient (Wildman–Crippen LogP) is 4.49. The standard InChI is InChI=1S/C16H19N/c1-11(2)14-5-7-15(8-6-14)16-13(4)9-12(3)10-17-16/h5-11H,1-4H3. The summed E-state index contributed by atoms with van der Waals surface area (Å²) in [7, 11) is 0. The second kappa shape index (κ2) is 4.70. The summed E-state index contributed by atoms with van der Waals surface area (Å²) in [6.45, 7) is 8.62. The van der Waals surface area contributed by atoms with Gasteiger partial charge in [-0.25, -0.2) is 0 Å². The molecular weight excluding hydrogens is 206 g/mol. The second-order valence-corrected chi connectivity index (χ2v) is 4.95. The molecule has 0 aliphatic carbocycles. The second-order valence-electron chi connectivity index (χ2n) is 4.95. The van der Waals surface area contributed by atoms with E-state index in [0.717, 1.165) is 5.69 Å². The highest BCUT2D eigenvalue weighted by atomic mass is 14.7. The molecule has 88 valence electrons. The third-order valence-corrected chi connectivity index (χ3v) is 3.07. The summed E-state index contributed by atoms with van der Waals surface area (Å²) in [5.41, 5.74) is 6.11. The maximum Gasteiger partial charge on any atom is 0.0731 e. The first-order valence-electron chi connectivity index (χ1n) is 6.11. The van der Waals surface area contributed by atoms with Crippen molar-refractivity contribution in [3.8, 4) is 11.3 Å². The van der Waals surface area contributed by atoms with Crippen LogP contribution >= 0.6 is 0 Å². The molecule has 0 aliphatic heterocycles. The average Bonchev–Trinajstić information content (AvgIpc) is 2.29. The molecule has 0 aliphatic rings. The number of aromatic nitrogens is 1. The van der Waals surface area contributed by atoms with Crippen LogP contribution in [0.2, 0.25) is 0 Å². The summed E-state index contributed by atoms with van der Waals surface area (Å²) in [6.07, 6.45) is 1.93. The Morgan fingerprint density at radius 3 is 2.18 bits per heavy atom. The monoisotopic (exact) mass is 225 g/mol. The first-order valence-corrected chi connectivity index (χ1v) is 6.11. The van der Waals surface area contributed by atoms with Crippen LogP contribution < -0.4 is 0 Å². The van der Waals surface area contributed by atoms with Gasteiger partial charge in [0.25, 0.3) is 0 Å². The van der Waals surface area contributed by atoms with Crippen molar-refractivity contribution in [3.63, 3.8) is 0 Å². The van der Waals surface area contributed by atoms with Crippen LogP contribution in [0.15, 0.2) is 36.5 Å². The highest BCUT2D eigenvalue weighted by Gasteiger charge is 2.04. The fourth-order valence-corrected chi connectivity index (χ4v) is 2.04. The van der Waals surface area contributed by atoms with E-state index in [1.807, 2.05) is 6.20 Å². The zero-order valence-electron chi connectivity index (χ0n) is 11.0. The van der Waals surface area contributed by atoms with Crippen LogP contribution in [0.1, 0.15) is 36.5 Å². The summed E-state index contributed by atoms with van der Waals surface area (Å²) in [6, 6.07) is 10.9. The lowest BCUT2D eigenvalue weighted by molar-refractivity contribution is 0.867. The Morgan fingerprint density at radius 1 is 1.00 bits per heavy atom. The molecule has 0 fully saturated rings. The molecule has 0 N–H and O–H groups in total. The highest BCUT2D eigenvalue weighted by Crippen LogP contribution is 2.23. The number of rotatable bonds is 2. The van der Waals surface area contributed by atoms with Crippen molar-refractivity contribution in [2.45, 2.75) is 33.6 Å². The van der Waals surface area contributed by atoms with E-state index in [0.29, 0.717) is 5.92 Å². The van der Waals surface area contributed by atoms with Crippen molar-refractivity contribution < 1.29 is 0 Å². The molecule has 0 spiro atoms. The minimum Gasteiger partial charge on any atom is -0.256 e. The molecule has 0 unspecified atom stereocenters. The van der Waals surface area contributed by atoms with Gasteiger partial charge in [0.1, 0.15) is 0 Å². The lowest BCUT2D eigenvalue weighted by Gasteiger charge is -2.09. The average molecular weight is 225 g/mol. The van der Waals surface area contributed by atoms with Gasteiger partial charge in [-0.05, 0) is 36.5 Å². The lowest BCUT2D eigenvalue weighted by atomic mass is 9.99. The summed E-state index contributed by atoms with van der Waals surface area (Å²) < 4.78 is 0. The van der Waals surface area contributed by atoms with Crippen molar-refractivity contribution in [2.75, 3.05) is 0 Å². The largest absolute Gasteiger partial charge is 0.256 e. The van der Waals surface area contributed by atoms with Crippen LogP contribution in [0, 0.1) is 13.8 Å². The van der Waals surface area contributed by atoms with E-state index in [-0.39, 0.29) is 0 Å². The molecule has 0 bridgehead atoms. The summed E-state index contributed by atoms with van der Waals surface area (Å²) in [5.74, 6) is 0.580. The van der Waals surface area contributed by atoms with E-state index in [1.165, 1.54) is 22.3 Å². The molecule has 1 heteroatoms. The van der Waals surface area contributed by atoms with Crippen LogP contribution in [0.3, 0.4) is 0 Å². The van der Waals surface area contributed by atoms with Crippen LogP contribution in [0.4, 0.5) is 0 Å². The SMILES string of the molecule is Cc1cnc(-c2ccc(C(C)C)cc2)c(C)c1. The Balaban J connectivity index is 2.40. The van der Waals surface area contributed by atoms with E-state index >= 15 is 0 Å². The summed E-state index contributed by atoms with van der Waals surface area (Å²) >= 11 is 0. The van der Waals surface area contributed by atoms with Crippen molar-refractivity contribution in [1.82, 2.24) is 4.98 Å². The van der Waals surface area contributed by atoms with Crippen molar-refractivity contribution in [1.29, 1.82) is 0 Å². The molecule has 0 atom stereocenters. The summed E-state index contributed by atoms with van der Waals surface area (Å²) in [5, 5.41) is 0. The van der Waals surface area contributed by atoms with Gasteiger partial charge in [-0.15, -0.1) is 0 Å². The lowest BCUT2D eigenvalue weighted by Crippen LogP contribution is -1.91. The Bertz CT molecular complexity index is 510. The molecule has 1 heterocycles.